The van der Waals surface area contributed by atoms with Crippen molar-refractivity contribution in [2.45, 2.75) is 25.7 Å². The number of aromatic nitrogens is 2. The second-order valence-corrected chi connectivity index (χ2v) is 5.27. The maximum Gasteiger partial charge on any atom is 0.320 e. The summed E-state index contributed by atoms with van der Waals surface area (Å²) in [6.07, 6.45) is 2.40. The molecule has 0 saturated heterocycles. The van der Waals surface area contributed by atoms with E-state index in [0.29, 0.717) is 18.3 Å². The number of anilines is 1. The lowest BCUT2D eigenvalue weighted by Crippen LogP contribution is -2.35. The van der Waals surface area contributed by atoms with Crippen molar-refractivity contribution < 1.29 is 4.79 Å². The molecule has 6 heteroatoms. The molecule has 1 aliphatic rings. The number of nitrogens with zero attached hydrogens (tertiary/aromatic N) is 2. The van der Waals surface area contributed by atoms with Gasteiger partial charge in [0, 0.05) is 23.6 Å². The fourth-order valence-corrected chi connectivity index (χ4v) is 2.06. The molecule has 1 heterocycles. The summed E-state index contributed by atoms with van der Waals surface area (Å²) in [7, 11) is 0. The highest BCUT2D eigenvalue weighted by Gasteiger charge is 2.27. The van der Waals surface area contributed by atoms with E-state index in [-0.39, 0.29) is 0 Å². The fraction of sp³-hybridized carbons (Fsp3) is 0.333. The van der Waals surface area contributed by atoms with E-state index in [9.17, 15) is 4.79 Å². The van der Waals surface area contributed by atoms with Gasteiger partial charge in [0.15, 0.2) is 0 Å². The van der Waals surface area contributed by atoms with Crippen LogP contribution in [0, 0.1) is 0 Å². The zero-order valence-electron chi connectivity index (χ0n) is 11.9. The van der Waals surface area contributed by atoms with Gasteiger partial charge in [-0.15, -0.1) is 0 Å². The molecule has 21 heavy (non-hydrogen) atoms. The molecule has 5 nitrogen and oxygen atoms in total. The molecule has 0 bridgehead atoms. The first kappa shape index (κ1) is 15.4. The molecule has 1 aromatic carbocycles. The Hall–Kier alpha value is -2.01. The molecule has 0 atom stereocenters. The van der Waals surface area contributed by atoms with Gasteiger partial charge in [-0.05, 0) is 31.9 Å². The maximum atomic E-state index is 11.0. The summed E-state index contributed by atoms with van der Waals surface area (Å²) in [4.78, 5) is 12.5. The maximum absolute atomic E-state index is 11.0. The van der Waals surface area contributed by atoms with Crippen LogP contribution in [0.2, 0.25) is 5.02 Å². The van der Waals surface area contributed by atoms with Crippen LogP contribution >= 0.6 is 11.6 Å². The molecule has 2 aromatic rings. The Balaban J connectivity index is 0.000000194. The molecule has 0 aliphatic heterocycles. The van der Waals surface area contributed by atoms with Gasteiger partial charge in [0.05, 0.1) is 5.69 Å². The number of carbonyl (C=O) groups excluding carboxylic acids is 1. The molecule has 112 valence electrons. The number of hydrogen-bond acceptors (Lipinski definition) is 2. The van der Waals surface area contributed by atoms with Gasteiger partial charge in [-0.25, -0.2) is 4.79 Å². The van der Waals surface area contributed by atoms with Crippen molar-refractivity contribution in [2.24, 2.45) is 5.73 Å². The number of nitrogens with one attached hydrogen (secondary N) is 1. The highest BCUT2D eigenvalue weighted by molar-refractivity contribution is 6.30. The van der Waals surface area contributed by atoms with Gasteiger partial charge in [-0.1, -0.05) is 29.8 Å². The average molecular weight is 307 g/mol. The largest absolute Gasteiger partial charge is 0.351 e. The Morgan fingerprint density at radius 1 is 1.43 bits per heavy atom. The number of carbonyl (C=O) groups is 1. The van der Waals surface area contributed by atoms with Crippen LogP contribution in [0.5, 0.6) is 0 Å². The molecular formula is C15H19ClN4O. The zero-order chi connectivity index (χ0) is 15.2. The van der Waals surface area contributed by atoms with E-state index < -0.39 is 6.03 Å². The Morgan fingerprint density at radius 2 is 2.10 bits per heavy atom. The van der Waals surface area contributed by atoms with E-state index >= 15 is 0 Å². The van der Waals surface area contributed by atoms with Gasteiger partial charge < -0.3 is 5.73 Å². The van der Waals surface area contributed by atoms with Gasteiger partial charge >= 0.3 is 6.03 Å². The summed E-state index contributed by atoms with van der Waals surface area (Å²) in [6.45, 7) is 2.43. The van der Waals surface area contributed by atoms with Crippen LogP contribution in [-0.2, 0) is 0 Å². The van der Waals surface area contributed by atoms with Crippen molar-refractivity contribution in [1.82, 2.24) is 10.2 Å². The lowest BCUT2D eigenvalue weighted by atomic mass is 10.3. The Labute approximate surface area is 129 Å². The number of benzene rings is 1. The van der Waals surface area contributed by atoms with Crippen molar-refractivity contribution in [2.75, 3.05) is 11.4 Å². The molecule has 1 fully saturated rings. The zero-order valence-corrected chi connectivity index (χ0v) is 12.7. The number of hydrogen-bond donors (Lipinski definition) is 2. The Kier molecular flexibility index (Phi) is 5.22. The summed E-state index contributed by atoms with van der Waals surface area (Å²) in [5.74, 6) is 1.29. The first-order valence-corrected chi connectivity index (χ1v) is 7.32. The van der Waals surface area contributed by atoms with Gasteiger partial charge in [0.25, 0.3) is 0 Å². The van der Waals surface area contributed by atoms with Crippen molar-refractivity contribution in [1.29, 1.82) is 0 Å². The van der Waals surface area contributed by atoms with Gasteiger partial charge in [0.2, 0.25) is 0 Å². The normalized spacial score (nSPS) is 13.2. The predicted molar refractivity (Wildman–Crippen MR) is 84.6 cm³/mol. The monoisotopic (exact) mass is 306 g/mol. The van der Waals surface area contributed by atoms with Crippen LogP contribution in [0.25, 0.3) is 0 Å². The molecular weight excluding hydrogens is 288 g/mol. The molecule has 2 amide bonds. The minimum Gasteiger partial charge on any atom is -0.351 e. The molecule has 3 rings (SSSR count). The summed E-state index contributed by atoms with van der Waals surface area (Å²) in [5, 5.41) is 7.78. The quantitative estimate of drug-likeness (QED) is 0.910. The van der Waals surface area contributed by atoms with Crippen LogP contribution in [0.4, 0.5) is 10.6 Å². The van der Waals surface area contributed by atoms with E-state index in [1.54, 1.807) is 0 Å². The summed E-state index contributed by atoms with van der Waals surface area (Å²) < 4.78 is 0. The highest BCUT2D eigenvalue weighted by Crippen LogP contribution is 2.39. The van der Waals surface area contributed by atoms with Crippen molar-refractivity contribution in [3.8, 4) is 0 Å². The third-order valence-electron chi connectivity index (χ3n) is 3.19. The number of nitrogens with two attached hydrogens (primary N) is 1. The third-order valence-corrected chi connectivity index (χ3v) is 3.44. The molecule has 1 aromatic heterocycles. The first-order chi connectivity index (χ1) is 10.1. The average Bonchev–Trinajstić information content (AvgIpc) is 3.21. The van der Waals surface area contributed by atoms with Crippen LogP contribution in [0.1, 0.15) is 31.4 Å². The molecule has 0 radical (unpaired) electrons. The lowest BCUT2D eigenvalue weighted by Gasteiger charge is -2.14. The van der Waals surface area contributed by atoms with E-state index in [2.05, 4.69) is 10.2 Å². The summed E-state index contributed by atoms with van der Waals surface area (Å²) >= 11 is 5.54. The molecule has 0 unspecified atom stereocenters. The van der Waals surface area contributed by atoms with Gasteiger partial charge in [-0.3, -0.25) is 10.00 Å². The minimum absolute atomic E-state index is 0.446. The van der Waals surface area contributed by atoms with Crippen LogP contribution in [0.3, 0.4) is 0 Å². The van der Waals surface area contributed by atoms with Gasteiger partial charge in [-0.2, -0.15) is 5.10 Å². The predicted octanol–water partition coefficient (Wildman–Crippen LogP) is 3.53. The Bertz CT molecular complexity index is 580. The van der Waals surface area contributed by atoms with E-state index in [1.165, 1.54) is 17.7 Å². The van der Waals surface area contributed by atoms with Crippen molar-refractivity contribution >= 4 is 23.4 Å². The highest BCUT2D eigenvalue weighted by atomic mass is 35.5. The first-order valence-electron chi connectivity index (χ1n) is 6.94. The van der Waals surface area contributed by atoms with E-state index in [1.807, 2.05) is 43.3 Å². The molecule has 0 spiro atoms. The molecule has 1 saturated carbocycles. The summed E-state index contributed by atoms with van der Waals surface area (Å²) in [5.41, 5.74) is 6.26. The van der Waals surface area contributed by atoms with E-state index in [4.69, 9.17) is 17.3 Å². The number of aromatic amines is 1. The number of halogens is 1. The molecule has 3 N–H and O–H groups in total. The summed E-state index contributed by atoms with van der Waals surface area (Å²) in [6, 6.07) is 10.9. The molecule has 1 aliphatic carbocycles. The van der Waals surface area contributed by atoms with Gasteiger partial charge in [0.1, 0.15) is 5.82 Å². The number of amides is 2. The van der Waals surface area contributed by atoms with Crippen LogP contribution in [0.15, 0.2) is 36.4 Å². The topological polar surface area (TPSA) is 75.0 Å². The fourth-order valence-electron chi connectivity index (χ4n) is 1.91. The number of urea groups is 1. The van der Waals surface area contributed by atoms with Crippen LogP contribution < -0.4 is 10.6 Å². The Morgan fingerprint density at radius 3 is 2.52 bits per heavy atom. The number of primary amides is 1. The number of H-pyrrole nitrogens is 1. The smallest absolute Gasteiger partial charge is 0.320 e. The lowest BCUT2D eigenvalue weighted by molar-refractivity contribution is 0.254. The minimum atomic E-state index is -0.446. The van der Waals surface area contributed by atoms with Crippen molar-refractivity contribution in [3.63, 3.8) is 0 Å². The van der Waals surface area contributed by atoms with E-state index in [0.717, 1.165) is 10.7 Å². The van der Waals surface area contributed by atoms with Crippen LogP contribution in [-0.4, -0.2) is 22.8 Å². The van der Waals surface area contributed by atoms with Crippen molar-refractivity contribution in [3.05, 3.63) is 47.1 Å². The second-order valence-electron chi connectivity index (χ2n) is 4.83. The SMILES string of the molecule is CCN(C(N)=O)c1cc(C2CC2)n[nH]1.Clc1ccccc1. The standard InChI is InChI=1S/C9H14N4O.C6H5Cl/c1-2-13(9(10)14)8-5-7(11-12-8)6-3-4-6;7-6-4-2-1-3-5-6/h5-6H,2-4H2,1H3,(H2,10,14)(H,11,12);1-5H. The third kappa shape index (κ3) is 4.49. The number of rotatable bonds is 3. The second kappa shape index (κ2) is 7.13.